The van der Waals surface area contributed by atoms with E-state index in [1.54, 1.807) is 12.1 Å². The van der Waals surface area contributed by atoms with Crippen molar-refractivity contribution in [1.82, 2.24) is 10.2 Å². The minimum Gasteiger partial charge on any atom is -0.399 e. The van der Waals surface area contributed by atoms with E-state index in [4.69, 9.17) is 4.42 Å². The van der Waals surface area contributed by atoms with E-state index in [-0.39, 0.29) is 11.9 Å². The molecule has 0 aliphatic rings. The lowest BCUT2D eigenvalue weighted by Gasteiger charge is -2.01. The molecule has 7 heteroatoms. The fourth-order valence-corrected chi connectivity index (χ4v) is 2.16. The lowest BCUT2D eigenvalue weighted by atomic mass is 10.3. The van der Waals surface area contributed by atoms with Crippen LogP contribution in [0.4, 0.5) is 17.4 Å². The van der Waals surface area contributed by atoms with Crippen molar-refractivity contribution in [1.29, 1.82) is 0 Å². The van der Waals surface area contributed by atoms with Crippen molar-refractivity contribution in [3.05, 3.63) is 65.0 Å². The van der Waals surface area contributed by atoms with Crippen LogP contribution in [-0.4, -0.2) is 16.1 Å². The summed E-state index contributed by atoms with van der Waals surface area (Å²) in [5.74, 6) is -0.567. The summed E-state index contributed by atoms with van der Waals surface area (Å²) in [6.45, 7) is 0. The number of halogens is 1. The van der Waals surface area contributed by atoms with Crippen molar-refractivity contribution in [2.45, 2.75) is 0 Å². The molecule has 0 saturated heterocycles. The third-order valence-corrected chi connectivity index (χ3v) is 3.22. The van der Waals surface area contributed by atoms with Crippen LogP contribution in [0.25, 0.3) is 0 Å². The first kappa shape index (κ1) is 14.3. The second-order valence-electron chi connectivity index (χ2n) is 4.37. The van der Waals surface area contributed by atoms with Gasteiger partial charge in [0, 0.05) is 15.8 Å². The third kappa shape index (κ3) is 3.50. The first-order valence-corrected chi connectivity index (χ1v) is 7.22. The number of nitrogens with one attached hydrogen (secondary N) is 2. The largest absolute Gasteiger partial charge is 0.399 e. The van der Waals surface area contributed by atoms with Crippen LogP contribution in [0.2, 0.25) is 0 Å². The Morgan fingerprint density at radius 3 is 2.55 bits per heavy atom. The third-order valence-electron chi connectivity index (χ3n) is 2.73. The Bertz CT molecular complexity index is 789. The van der Waals surface area contributed by atoms with Gasteiger partial charge in [-0.3, -0.25) is 4.79 Å². The maximum absolute atomic E-state index is 12.0. The Balaban J connectivity index is 1.69. The molecule has 0 atom stereocenters. The Hall–Kier alpha value is -2.67. The first-order valence-electron chi connectivity index (χ1n) is 6.43. The zero-order valence-corrected chi connectivity index (χ0v) is 12.9. The van der Waals surface area contributed by atoms with Crippen molar-refractivity contribution < 1.29 is 9.21 Å². The van der Waals surface area contributed by atoms with Gasteiger partial charge in [0.2, 0.25) is 0 Å². The van der Waals surface area contributed by atoms with Gasteiger partial charge in [-0.05, 0) is 30.3 Å². The van der Waals surface area contributed by atoms with E-state index in [2.05, 4.69) is 36.8 Å². The lowest BCUT2D eigenvalue weighted by molar-refractivity contribution is 0.0991. The quantitative estimate of drug-likeness (QED) is 0.740. The molecule has 0 aliphatic heterocycles. The fourth-order valence-electron chi connectivity index (χ4n) is 1.76. The standard InChI is InChI=1S/C15H11BrN4O2/c16-10-5-4-8-12(9-10)18-15-20-19-14(22-15)13(21)17-11-6-2-1-3-7-11/h1-9H,(H,17,21)(H,18,20). The maximum atomic E-state index is 12.0. The Morgan fingerprint density at radius 2 is 1.77 bits per heavy atom. The highest BCUT2D eigenvalue weighted by Gasteiger charge is 2.15. The summed E-state index contributed by atoms with van der Waals surface area (Å²) in [5.41, 5.74) is 1.43. The van der Waals surface area contributed by atoms with Gasteiger partial charge in [0.05, 0.1) is 0 Å². The molecular weight excluding hydrogens is 348 g/mol. The highest BCUT2D eigenvalue weighted by molar-refractivity contribution is 9.10. The van der Waals surface area contributed by atoms with E-state index in [1.165, 1.54) is 0 Å². The molecule has 0 saturated carbocycles. The predicted octanol–water partition coefficient (Wildman–Crippen LogP) is 3.83. The first-order chi connectivity index (χ1) is 10.7. The number of benzene rings is 2. The van der Waals surface area contributed by atoms with Crippen molar-refractivity contribution in [3.63, 3.8) is 0 Å². The van der Waals surface area contributed by atoms with Crippen LogP contribution in [0.3, 0.4) is 0 Å². The molecule has 6 nitrogen and oxygen atoms in total. The average Bonchev–Trinajstić information content (AvgIpc) is 2.97. The summed E-state index contributed by atoms with van der Waals surface area (Å²) in [7, 11) is 0. The molecule has 0 bridgehead atoms. The van der Waals surface area contributed by atoms with Gasteiger partial charge in [0.1, 0.15) is 0 Å². The molecule has 1 amide bonds. The zero-order valence-electron chi connectivity index (χ0n) is 11.3. The molecule has 0 radical (unpaired) electrons. The minimum absolute atomic E-state index is 0.110. The van der Waals surface area contributed by atoms with Gasteiger partial charge in [-0.2, -0.15) is 0 Å². The van der Waals surface area contributed by atoms with E-state index in [0.717, 1.165) is 10.2 Å². The van der Waals surface area contributed by atoms with E-state index in [9.17, 15) is 4.79 Å². The fraction of sp³-hybridized carbons (Fsp3) is 0. The molecule has 3 aromatic rings. The van der Waals surface area contributed by atoms with Crippen molar-refractivity contribution in [2.24, 2.45) is 0 Å². The highest BCUT2D eigenvalue weighted by atomic mass is 79.9. The smallest absolute Gasteiger partial charge is 0.320 e. The zero-order chi connectivity index (χ0) is 15.4. The second-order valence-corrected chi connectivity index (χ2v) is 5.28. The molecule has 0 fully saturated rings. The molecule has 0 aliphatic carbocycles. The number of aromatic nitrogens is 2. The summed E-state index contributed by atoms with van der Waals surface area (Å²) in [6, 6.07) is 16.7. The van der Waals surface area contributed by atoms with Crippen LogP contribution in [0.1, 0.15) is 10.7 Å². The van der Waals surface area contributed by atoms with Gasteiger partial charge in [-0.1, -0.05) is 45.3 Å². The predicted molar refractivity (Wildman–Crippen MR) is 86.1 cm³/mol. The molecule has 110 valence electrons. The summed E-state index contributed by atoms with van der Waals surface area (Å²) < 4.78 is 6.22. The Kier molecular flexibility index (Phi) is 4.15. The highest BCUT2D eigenvalue weighted by Crippen LogP contribution is 2.19. The number of hydrogen-bond acceptors (Lipinski definition) is 5. The van der Waals surface area contributed by atoms with Crippen LogP contribution in [0.5, 0.6) is 0 Å². The van der Waals surface area contributed by atoms with Gasteiger partial charge in [-0.25, -0.2) is 0 Å². The molecule has 22 heavy (non-hydrogen) atoms. The number of amides is 1. The van der Waals surface area contributed by atoms with Crippen LogP contribution in [-0.2, 0) is 0 Å². The maximum Gasteiger partial charge on any atom is 0.320 e. The minimum atomic E-state index is -0.457. The molecule has 1 heterocycles. The van der Waals surface area contributed by atoms with Gasteiger partial charge < -0.3 is 15.1 Å². The van der Waals surface area contributed by atoms with Gasteiger partial charge in [-0.15, -0.1) is 5.10 Å². The number of para-hydroxylation sites is 1. The van der Waals surface area contributed by atoms with Gasteiger partial charge >= 0.3 is 17.8 Å². The SMILES string of the molecule is O=C(Nc1ccccc1)c1nnc(Nc2cccc(Br)c2)o1. The lowest BCUT2D eigenvalue weighted by Crippen LogP contribution is -2.12. The van der Waals surface area contributed by atoms with Crippen LogP contribution in [0.15, 0.2) is 63.5 Å². The topological polar surface area (TPSA) is 80.0 Å². The van der Waals surface area contributed by atoms with E-state index in [1.807, 2.05) is 42.5 Å². The van der Waals surface area contributed by atoms with Crippen molar-refractivity contribution in [2.75, 3.05) is 10.6 Å². The number of rotatable bonds is 4. The number of carbonyl (C=O) groups excluding carboxylic acids is 1. The normalized spacial score (nSPS) is 10.2. The van der Waals surface area contributed by atoms with E-state index < -0.39 is 5.91 Å². The molecule has 0 unspecified atom stereocenters. The summed E-state index contributed by atoms with van der Waals surface area (Å²) in [4.78, 5) is 12.0. The van der Waals surface area contributed by atoms with Crippen LogP contribution >= 0.6 is 15.9 Å². The number of nitrogens with zero attached hydrogens (tertiary/aromatic N) is 2. The molecule has 2 aromatic carbocycles. The molecule has 2 N–H and O–H groups in total. The molecular formula is C15H11BrN4O2. The summed E-state index contributed by atoms with van der Waals surface area (Å²) >= 11 is 3.37. The molecule has 0 spiro atoms. The van der Waals surface area contributed by atoms with Gasteiger partial charge in [0.25, 0.3) is 0 Å². The van der Waals surface area contributed by atoms with Crippen LogP contribution < -0.4 is 10.6 Å². The van der Waals surface area contributed by atoms with E-state index >= 15 is 0 Å². The van der Waals surface area contributed by atoms with Crippen LogP contribution in [0, 0.1) is 0 Å². The number of anilines is 3. The molecule has 3 rings (SSSR count). The molecule has 1 aromatic heterocycles. The number of hydrogen-bond donors (Lipinski definition) is 2. The van der Waals surface area contributed by atoms with E-state index in [0.29, 0.717) is 5.69 Å². The summed E-state index contributed by atoms with van der Waals surface area (Å²) in [5, 5.41) is 13.1. The Morgan fingerprint density at radius 1 is 1.00 bits per heavy atom. The second kappa shape index (κ2) is 6.40. The van der Waals surface area contributed by atoms with Gasteiger partial charge in [0.15, 0.2) is 0 Å². The summed E-state index contributed by atoms with van der Waals surface area (Å²) in [6.07, 6.45) is 0. The average molecular weight is 359 g/mol. The van der Waals surface area contributed by atoms with Crippen molar-refractivity contribution >= 4 is 39.2 Å². The number of carbonyl (C=O) groups is 1. The van der Waals surface area contributed by atoms with Crippen molar-refractivity contribution in [3.8, 4) is 0 Å². The Labute approximate surface area is 134 Å². The monoisotopic (exact) mass is 358 g/mol.